The van der Waals surface area contributed by atoms with Crippen LogP contribution >= 0.6 is 11.8 Å². The second-order valence-electron chi connectivity index (χ2n) is 7.69. The molecule has 7 heteroatoms. The number of rotatable bonds is 7. The third-order valence-corrected chi connectivity index (χ3v) is 4.95. The lowest BCUT2D eigenvalue weighted by Crippen LogP contribution is -2.37. The highest BCUT2D eigenvalue weighted by Crippen LogP contribution is 2.28. The Morgan fingerprint density at radius 3 is 2.52 bits per heavy atom. The van der Waals surface area contributed by atoms with Gasteiger partial charge in [-0.05, 0) is 39.2 Å². The minimum Gasteiger partial charge on any atom is -0.444 e. The van der Waals surface area contributed by atoms with E-state index < -0.39 is 11.7 Å². The quantitative estimate of drug-likeness (QED) is 0.647. The largest absolute Gasteiger partial charge is 0.444 e. The highest BCUT2D eigenvalue weighted by Gasteiger charge is 2.28. The molecule has 0 spiro atoms. The zero-order valence-corrected chi connectivity index (χ0v) is 17.7. The predicted octanol–water partition coefficient (Wildman–Crippen LogP) is 5.28. The van der Waals surface area contributed by atoms with Gasteiger partial charge in [-0.15, -0.1) is 10.2 Å². The van der Waals surface area contributed by atoms with E-state index in [1.165, 1.54) is 22.9 Å². The number of carbonyl (C=O) groups is 1. The van der Waals surface area contributed by atoms with Gasteiger partial charge in [0.15, 0.2) is 0 Å². The number of nitrogens with zero attached hydrogens (tertiary/aromatic N) is 2. The van der Waals surface area contributed by atoms with Gasteiger partial charge in [0, 0.05) is 5.75 Å². The van der Waals surface area contributed by atoms with Gasteiger partial charge in [0.25, 0.3) is 5.22 Å². The Morgan fingerprint density at radius 2 is 1.93 bits per heavy atom. The lowest BCUT2D eigenvalue weighted by molar-refractivity contribution is 0.0474. The van der Waals surface area contributed by atoms with E-state index in [-0.39, 0.29) is 12.0 Å². The Labute approximate surface area is 165 Å². The third-order valence-electron chi connectivity index (χ3n) is 4.06. The molecule has 1 unspecified atom stereocenters. The van der Waals surface area contributed by atoms with Crippen LogP contribution in [0.15, 0.2) is 33.9 Å². The molecule has 0 saturated carbocycles. The minimum absolute atomic E-state index is 0.132. The number of aromatic nitrogens is 2. The average molecular weight is 392 g/mol. The van der Waals surface area contributed by atoms with Crippen molar-refractivity contribution in [3.63, 3.8) is 0 Å². The minimum atomic E-state index is -0.562. The molecule has 1 aromatic carbocycles. The van der Waals surface area contributed by atoms with E-state index in [9.17, 15) is 4.79 Å². The number of amides is 1. The zero-order chi connectivity index (χ0) is 20.0. The molecular formula is C20H29N3O3S. The molecule has 1 N–H and O–H groups in total. The van der Waals surface area contributed by atoms with Crippen LogP contribution in [0, 0.1) is 12.8 Å². The number of thioether (sulfide) groups is 1. The van der Waals surface area contributed by atoms with Crippen LogP contribution in [-0.2, 0) is 10.5 Å². The van der Waals surface area contributed by atoms with E-state index in [2.05, 4.69) is 53.6 Å². The number of aryl methyl sites for hydroxylation is 1. The highest BCUT2D eigenvalue weighted by atomic mass is 32.2. The molecule has 0 aliphatic carbocycles. The summed E-state index contributed by atoms with van der Waals surface area (Å²) >= 11 is 1.48. The van der Waals surface area contributed by atoms with Crippen molar-refractivity contribution in [3.05, 3.63) is 41.3 Å². The first-order valence-corrected chi connectivity index (χ1v) is 10.2. The van der Waals surface area contributed by atoms with E-state index in [4.69, 9.17) is 9.15 Å². The fraction of sp³-hybridized carbons (Fsp3) is 0.550. The van der Waals surface area contributed by atoms with Gasteiger partial charge in [0.1, 0.15) is 11.6 Å². The first-order valence-electron chi connectivity index (χ1n) is 9.19. The summed E-state index contributed by atoms with van der Waals surface area (Å²) in [5, 5.41) is 11.6. The van der Waals surface area contributed by atoms with Crippen LogP contribution in [0.5, 0.6) is 0 Å². The molecule has 1 amide bonds. The molecule has 1 heterocycles. The molecule has 0 aliphatic heterocycles. The average Bonchev–Trinajstić information content (AvgIpc) is 3.05. The van der Waals surface area contributed by atoms with Gasteiger partial charge in [0.2, 0.25) is 5.89 Å². The Balaban J connectivity index is 2.04. The van der Waals surface area contributed by atoms with Crippen molar-refractivity contribution in [1.29, 1.82) is 0 Å². The van der Waals surface area contributed by atoms with Crippen molar-refractivity contribution in [2.24, 2.45) is 5.92 Å². The Hall–Kier alpha value is -2.02. The van der Waals surface area contributed by atoms with Crippen molar-refractivity contribution < 1.29 is 13.9 Å². The van der Waals surface area contributed by atoms with E-state index in [1.807, 2.05) is 27.7 Å². The lowest BCUT2D eigenvalue weighted by atomic mass is 9.99. The molecule has 0 fully saturated rings. The van der Waals surface area contributed by atoms with Crippen molar-refractivity contribution in [2.45, 2.75) is 70.6 Å². The number of alkyl carbamates (subject to hydrolysis) is 1. The molecule has 27 heavy (non-hydrogen) atoms. The Kier molecular flexibility index (Phi) is 7.30. The fourth-order valence-corrected chi connectivity index (χ4v) is 3.08. The molecule has 2 rings (SSSR count). The molecule has 0 bridgehead atoms. The molecule has 1 aromatic heterocycles. The smallest absolute Gasteiger partial charge is 0.408 e. The molecule has 2 aromatic rings. The van der Waals surface area contributed by atoms with Crippen LogP contribution in [0.25, 0.3) is 0 Å². The van der Waals surface area contributed by atoms with Crippen molar-refractivity contribution >= 4 is 17.9 Å². The van der Waals surface area contributed by atoms with Gasteiger partial charge in [-0.1, -0.05) is 61.9 Å². The van der Waals surface area contributed by atoms with Gasteiger partial charge in [-0.3, -0.25) is 0 Å². The normalized spacial score (nSPS) is 13.9. The van der Waals surface area contributed by atoms with Crippen molar-refractivity contribution in [3.8, 4) is 0 Å². The van der Waals surface area contributed by atoms with Crippen LogP contribution in [0.1, 0.15) is 64.1 Å². The van der Waals surface area contributed by atoms with Crippen molar-refractivity contribution in [2.75, 3.05) is 0 Å². The molecule has 6 nitrogen and oxygen atoms in total. The maximum absolute atomic E-state index is 12.2. The Bertz CT molecular complexity index is 738. The van der Waals surface area contributed by atoms with E-state index >= 15 is 0 Å². The first kappa shape index (κ1) is 21.3. The van der Waals surface area contributed by atoms with Gasteiger partial charge in [-0.25, -0.2) is 4.79 Å². The summed E-state index contributed by atoms with van der Waals surface area (Å²) in [7, 11) is 0. The van der Waals surface area contributed by atoms with Crippen molar-refractivity contribution in [1.82, 2.24) is 15.5 Å². The molecule has 148 valence electrons. The van der Waals surface area contributed by atoms with E-state index in [0.29, 0.717) is 11.1 Å². The predicted molar refractivity (Wildman–Crippen MR) is 107 cm³/mol. The number of hydrogen-bond donors (Lipinski definition) is 1. The second-order valence-corrected chi connectivity index (χ2v) is 8.62. The summed E-state index contributed by atoms with van der Waals surface area (Å²) in [6.07, 6.45) is 0.370. The monoisotopic (exact) mass is 391 g/mol. The van der Waals surface area contributed by atoms with Crippen LogP contribution in [0.4, 0.5) is 4.79 Å². The first-order chi connectivity index (χ1) is 12.7. The topological polar surface area (TPSA) is 77.2 Å². The fourth-order valence-electron chi connectivity index (χ4n) is 2.35. The SMILES string of the molecule is CCC(C)[C@H](NC(=O)OC(C)(C)C)c1nnc(SCc2ccc(C)cc2)o1. The van der Waals surface area contributed by atoms with Crippen LogP contribution in [-0.4, -0.2) is 21.9 Å². The molecule has 2 atom stereocenters. The highest BCUT2D eigenvalue weighted by molar-refractivity contribution is 7.98. The summed E-state index contributed by atoms with van der Waals surface area (Å²) < 4.78 is 11.2. The van der Waals surface area contributed by atoms with E-state index in [0.717, 1.165) is 12.2 Å². The van der Waals surface area contributed by atoms with Crippen LogP contribution in [0.3, 0.4) is 0 Å². The van der Waals surface area contributed by atoms with Crippen LogP contribution < -0.4 is 5.32 Å². The molecule has 0 aliphatic rings. The number of carbonyl (C=O) groups excluding carboxylic acids is 1. The van der Waals surface area contributed by atoms with Gasteiger partial charge in [0.05, 0.1) is 0 Å². The third kappa shape index (κ3) is 6.90. The van der Waals surface area contributed by atoms with Gasteiger partial charge >= 0.3 is 6.09 Å². The molecule has 0 saturated heterocycles. The Morgan fingerprint density at radius 1 is 1.26 bits per heavy atom. The standard InChI is InChI=1S/C20H29N3O3S/c1-7-14(3)16(21-18(24)26-20(4,5)6)17-22-23-19(25-17)27-12-15-10-8-13(2)9-11-15/h8-11,14,16H,7,12H2,1-6H3,(H,21,24)/t14?,16-/m0/s1. The molecule has 0 radical (unpaired) electrons. The van der Waals surface area contributed by atoms with E-state index in [1.54, 1.807) is 0 Å². The lowest BCUT2D eigenvalue weighted by Gasteiger charge is -2.24. The summed E-state index contributed by atoms with van der Waals surface area (Å²) in [5.41, 5.74) is 1.86. The van der Waals surface area contributed by atoms with Gasteiger partial charge < -0.3 is 14.5 Å². The number of nitrogens with one attached hydrogen (secondary N) is 1. The summed E-state index contributed by atoms with van der Waals surface area (Å²) in [6.45, 7) is 11.6. The summed E-state index contributed by atoms with van der Waals surface area (Å²) in [6, 6.07) is 7.96. The molecular weight excluding hydrogens is 362 g/mol. The zero-order valence-electron chi connectivity index (χ0n) is 16.9. The summed E-state index contributed by atoms with van der Waals surface area (Å²) in [4.78, 5) is 12.2. The van der Waals surface area contributed by atoms with Crippen LogP contribution in [0.2, 0.25) is 0 Å². The maximum Gasteiger partial charge on any atom is 0.408 e. The number of benzene rings is 1. The number of ether oxygens (including phenoxy) is 1. The maximum atomic E-state index is 12.2. The number of hydrogen-bond acceptors (Lipinski definition) is 6. The summed E-state index contributed by atoms with van der Waals surface area (Å²) in [5.74, 6) is 1.28. The van der Waals surface area contributed by atoms with Gasteiger partial charge in [-0.2, -0.15) is 0 Å². The second kappa shape index (κ2) is 9.26.